The molecule has 0 aliphatic rings. The molecule has 0 aliphatic heterocycles. The Balaban J connectivity index is 2.62. The smallest absolute Gasteiger partial charge is 0.137 e. The van der Waals surface area contributed by atoms with Gasteiger partial charge in [0.2, 0.25) is 0 Å². The Morgan fingerprint density at radius 3 is 2.69 bits per heavy atom. The Labute approximate surface area is 103 Å². The lowest BCUT2D eigenvalue weighted by molar-refractivity contribution is 0.483. The molecule has 0 aliphatic carbocycles. The van der Waals surface area contributed by atoms with Crippen molar-refractivity contribution in [1.29, 1.82) is 0 Å². The largest absolute Gasteiger partial charge is 0.367 e. The van der Waals surface area contributed by atoms with Crippen molar-refractivity contribution < 1.29 is 0 Å². The van der Waals surface area contributed by atoms with Crippen LogP contribution in [-0.4, -0.2) is 16.0 Å². The van der Waals surface area contributed by atoms with E-state index in [1.807, 2.05) is 6.92 Å². The van der Waals surface area contributed by atoms with Crippen molar-refractivity contribution in [2.75, 3.05) is 5.32 Å². The van der Waals surface area contributed by atoms with Crippen LogP contribution < -0.4 is 5.32 Å². The molecule has 0 saturated carbocycles. The minimum absolute atomic E-state index is 0.402. The maximum atomic E-state index is 5.94. The lowest BCUT2D eigenvalue weighted by Gasteiger charge is -2.19. The van der Waals surface area contributed by atoms with Crippen LogP contribution in [0.25, 0.3) is 0 Å². The predicted molar refractivity (Wildman–Crippen MR) is 68.9 cm³/mol. The highest BCUT2D eigenvalue weighted by atomic mass is 35.5. The van der Waals surface area contributed by atoms with Gasteiger partial charge in [-0.2, -0.15) is 0 Å². The van der Waals surface area contributed by atoms with E-state index in [-0.39, 0.29) is 0 Å². The van der Waals surface area contributed by atoms with Crippen LogP contribution in [0, 0.1) is 12.8 Å². The molecule has 16 heavy (non-hydrogen) atoms. The molecule has 0 bridgehead atoms. The van der Waals surface area contributed by atoms with E-state index < -0.39 is 0 Å². The molecular weight excluding hydrogens is 222 g/mol. The first kappa shape index (κ1) is 13.2. The molecule has 0 spiro atoms. The maximum absolute atomic E-state index is 5.94. The van der Waals surface area contributed by atoms with Crippen LogP contribution >= 0.6 is 11.6 Å². The van der Waals surface area contributed by atoms with Crippen molar-refractivity contribution in [3.8, 4) is 0 Å². The topological polar surface area (TPSA) is 37.8 Å². The predicted octanol–water partition coefficient (Wildman–Crippen LogP) is 3.68. The average molecular weight is 242 g/mol. The molecule has 90 valence electrons. The molecule has 4 heteroatoms. The van der Waals surface area contributed by atoms with E-state index in [0.717, 1.165) is 23.7 Å². The fraction of sp³-hybridized carbons (Fsp3) is 0.667. The standard InChI is InChI=1S/C12H20ClN3/c1-5-8(2)6-9(3)16-12-10(4)11(13)14-7-15-12/h7-9H,5-6H2,1-4H3,(H,14,15,16). The fourth-order valence-electron chi connectivity index (χ4n) is 1.64. The zero-order valence-corrected chi connectivity index (χ0v) is 11.2. The van der Waals surface area contributed by atoms with Gasteiger partial charge in [0, 0.05) is 11.6 Å². The monoisotopic (exact) mass is 241 g/mol. The van der Waals surface area contributed by atoms with Crippen LogP contribution in [0.5, 0.6) is 0 Å². The minimum atomic E-state index is 0.402. The second kappa shape index (κ2) is 6.04. The molecule has 0 saturated heterocycles. The van der Waals surface area contributed by atoms with Gasteiger partial charge in [0.15, 0.2) is 0 Å². The molecule has 0 fully saturated rings. The van der Waals surface area contributed by atoms with Gasteiger partial charge in [-0.15, -0.1) is 0 Å². The van der Waals surface area contributed by atoms with Crippen molar-refractivity contribution in [3.05, 3.63) is 17.0 Å². The Kier molecular flexibility index (Phi) is 5.00. The van der Waals surface area contributed by atoms with Gasteiger partial charge in [0.1, 0.15) is 17.3 Å². The summed E-state index contributed by atoms with van der Waals surface area (Å²) in [6, 6.07) is 0.402. The number of rotatable bonds is 5. The van der Waals surface area contributed by atoms with Crippen LogP contribution in [0.4, 0.5) is 5.82 Å². The molecule has 3 nitrogen and oxygen atoms in total. The Hall–Kier alpha value is -0.830. The minimum Gasteiger partial charge on any atom is -0.367 e. The highest BCUT2D eigenvalue weighted by Gasteiger charge is 2.10. The number of hydrogen-bond donors (Lipinski definition) is 1. The lowest BCUT2D eigenvalue weighted by atomic mass is 10.0. The van der Waals surface area contributed by atoms with Crippen LogP contribution in [0.3, 0.4) is 0 Å². The summed E-state index contributed by atoms with van der Waals surface area (Å²) in [5.74, 6) is 1.57. The van der Waals surface area contributed by atoms with Gasteiger partial charge < -0.3 is 5.32 Å². The summed E-state index contributed by atoms with van der Waals surface area (Å²) < 4.78 is 0. The number of aromatic nitrogens is 2. The van der Waals surface area contributed by atoms with Crippen molar-refractivity contribution in [2.45, 2.75) is 46.6 Å². The molecule has 0 amide bonds. The van der Waals surface area contributed by atoms with Gasteiger partial charge in [-0.3, -0.25) is 0 Å². The second-order valence-electron chi connectivity index (χ2n) is 4.43. The Morgan fingerprint density at radius 1 is 1.38 bits per heavy atom. The molecule has 0 radical (unpaired) electrons. The summed E-state index contributed by atoms with van der Waals surface area (Å²) in [6.07, 6.45) is 3.83. The number of hydrogen-bond acceptors (Lipinski definition) is 3. The highest BCUT2D eigenvalue weighted by molar-refractivity contribution is 6.30. The van der Waals surface area contributed by atoms with Gasteiger partial charge in [0.05, 0.1) is 0 Å². The van der Waals surface area contributed by atoms with E-state index in [4.69, 9.17) is 11.6 Å². The van der Waals surface area contributed by atoms with Crippen molar-refractivity contribution >= 4 is 17.4 Å². The maximum Gasteiger partial charge on any atom is 0.137 e. The SMILES string of the molecule is CCC(C)CC(C)Nc1ncnc(Cl)c1C. The molecular formula is C12H20ClN3. The van der Waals surface area contributed by atoms with Gasteiger partial charge in [-0.05, 0) is 26.2 Å². The lowest BCUT2D eigenvalue weighted by Crippen LogP contribution is -2.19. The zero-order chi connectivity index (χ0) is 12.1. The van der Waals surface area contributed by atoms with E-state index in [0.29, 0.717) is 11.2 Å². The number of nitrogens with one attached hydrogen (secondary N) is 1. The van der Waals surface area contributed by atoms with Crippen LogP contribution in [0.1, 0.15) is 39.2 Å². The third-order valence-electron chi connectivity index (χ3n) is 2.86. The molecule has 2 atom stereocenters. The number of nitrogens with zero attached hydrogens (tertiary/aromatic N) is 2. The van der Waals surface area contributed by atoms with Gasteiger partial charge in [-0.25, -0.2) is 9.97 Å². The van der Waals surface area contributed by atoms with Gasteiger partial charge in [-0.1, -0.05) is 31.9 Å². The molecule has 1 rings (SSSR count). The van der Waals surface area contributed by atoms with Crippen molar-refractivity contribution in [1.82, 2.24) is 9.97 Å². The quantitative estimate of drug-likeness (QED) is 0.800. The van der Waals surface area contributed by atoms with Gasteiger partial charge >= 0.3 is 0 Å². The molecule has 1 heterocycles. The van der Waals surface area contributed by atoms with E-state index in [9.17, 15) is 0 Å². The van der Waals surface area contributed by atoms with Gasteiger partial charge in [0.25, 0.3) is 0 Å². The van der Waals surface area contributed by atoms with Crippen molar-refractivity contribution in [2.24, 2.45) is 5.92 Å². The average Bonchev–Trinajstić information content (AvgIpc) is 2.24. The Morgan fingerprint density at radius 2 is 2.06 bits per heavy atom. The molecule has 1 N–H and O–H groups in total. The summed E-state index contributed by atoms with van der Waals surface area (Å²) in [5.41, 5.74) is 0.917. The first-order chi connectivity index (χ1) is 7.54. The summed E-state index contributed by atoms with van der Waals surface area (Å²) >= 11 is 5.94. The summed E-state index contributed by atoms with van der Waals surface area (Å²) in [7, 11) is 0. The van der Waals surface area contributed by atoms with E-state index >= 15 is 0 Å². The number of halogens is 1. The molecule has 2 unspecified atom stereocenters. The first-order valence-corrected chi connectivity index (χ1v) is 6.16. The second-order valence-corrected chi connectivity index (χ2v) is 4.79. The fourth-order valence-corrected chi connectivity index (χ4v) is 1.77. The Bertz CT molecular complexity index is 341. The van der Waals surface area contributed by atoms with Crippen molar-refractivity contribution in [3.63, 3.8) is 0 Å². The first-order valence-electron chi connectivity index (χ1n) is 5.78. The van der Waals surface area contributed by atoms with Crippen LogP contribution in [0.15, 0.2) is 6.33 Å². The van der Waals surface area contributed by atoms with E-state index in [2.05, 4.69) is 36.1 Å². The van der Waals surface area contributed by atoms with Crippen LogP contribution in [0.2, 0.25) is 5.15 Å². The third-order valence-corrected chi connectivity index (χ3v) is 3.24. The molecule has 1 aromatic rings. The van der Waals surface area contributed by atoms with Crippen LogP contribution in [-0.2, 0) is 0 Å². The normalized spacial score (nSPS) is 14.6. The zero-order valence-electron chi connectivity index (χ0n) is 10.4. The van der Waals surface area contributed by atoms with E-state index in [1.165, 1.54) is 12.7 Å². The van der Waals surface area contributed by atoms with E-state index in [1.54, 1.807) is 0 Å². The molecule has 1 aromatic heterocycles. The summed E-state index contributed by atoms with van der Waals surface area (Å²) in [6.45, 7) is 8.57. The highest BCUT2D eigenvalue weighted by Crippen LogP contribution is 2.20. The number of anilines is 1. The summed E-state index contributed by atoms with van der Waals surface area (Å²) in [4.78, 5) is 8.14. The summed E-state index contributed by atoms with van der Waals surface area (Å²) in [5, 5.41) is 3.90. The third kappa shape index (κ3) is 3.63. The molecule has 0 aromatic carbocycles.